The number of carbonyl (C=O) groups is 1. The van der Waals surface area contributed by atoms with E-state index in [4.69, 9.17) is 0 Å². The highest BCUT2D eigenvalue weighted by atomic mass is 19.4. The molecule has 1 rings (SSSR count). The second-order valence-electron chi connectivity index (χ2n) is 3.74. The van der Waals surface area contributed by atoms with Gasteiger partial charge in [-0.15, -0.1) is 0 Å². The number of allylic oxidation sites excluding steroid dienone is 1. The van der Waals surface area contributed by atoms with Gasteiger partial charge in [0.15, 0.2) is 0 Å². The molecular formula is C12H13F3N2O2. The number of aliphatic hydroxyl groups is 1. The van der Waals surface area contributed by atoms with Gasteiger partial charge in [0.25, 0.3) is 5.91 Å². The van der Waals surface area contributed by atoms with Crippen LogP contribution in [0.1, 0.15) is 12.5 Å². The molecule has 4 nitrogen and oxygen atoms in total. The third-order valence-electron chi connectivity index (χ3n) is 2.31. The fourth-order valence-corrected chi connectivity index (χ4v) is 1.39. The van der Waals surface area contributed by atoms with E-state index in [1.165, 1.54) is 14.0 Å². The van der Waals surface area contributed by atoms with E-state index in [2.05, 4.69) is 10.6 Å². The van der Waals surface area contributed by atoms with Crippen LogP contribution in [0.15, 0.2) is 35.7 Å². The van der Waals surface area contributed by atoms with Gasteiger partial charge in [-0.25, -0.2) is 0 Å². The van der Waals surface area contributed by atoms with Crippen molar-refractivity contribution in [2.45, 2.75) is 13.1 Å². The molecule has 3 N–H and O–H groups in total. The largest absolute Gasteiger partial charge is 0.510 e. The molecule has 0 bridgehead atoms. The van der Waals surface area contributed by atoms with Crippen LogP contribution >= 0.6 is 0 Å². The topological polar surface area (TPSA) is 61.4 Å². The summed E-state index contributed by atoms with van der Waals surface area (Å²) in [5.74, 6) is -0.853. The van der Waals surface area contributed by atoms with Crippen molar-refractivity contribution in [3.05, 3.63) is 41.3 Å². The van der Waals surface area contributed by atoms with Gasteiger partial charge < -0.3 is 15.7 Å². The molecule has 19 heavy (non-hydrogen) atoms. The van der Waals surface area contributed by atoms with Gasteiger partial charge in [-0.3, -0.25) is 4.79 Å². The predicted octanol–water partition coefficient (Wildman–Crippen LogP) is 2.65. The number of carbonyl (C=O) groups excluding carboxylic acids is 1. The molecule has 0 spiro atoms. The number of halogens is 3. The first-order chi connectivity index (χ1) is 8.75. The first-order valence-corrected chi connectivity index (χ1v) is 5.32. The Labute approximate surface area is 107 Å². The van der Waals surface area contributed by atoms with Crippen molar-refractivity contribution in [2.75, 3.05) is 12.4 Å². The second kappa shape index (κ2) is 5.64. The summed E-state index contributed by atoms with van der Waals surface area (Å²) in [4.78, 5) is 11.7. The molecule has 1 aromatic carbocycles. The summed E-state index contributed by atoms with van der Waals surface area (Å²) >= 11 is 0. The molecule has 0 saturated heterocycles. The van der Waals surface area contributed by atoms with Gasteiger partial charge in [0.2, 0.25) is 0 Å². The molecule has 0 fully saturated rings. The average molecular weight is 274 g/mol. The molecule has 0 aromatic heterocycles. The lowest BCUT2D eigenvalue weighted by Crippen LogP contribution is -2.24. The van der Waals surface area contributed by atoms with Crippen LogP contribution < -0.4 is 10.6 Å². The number of rotatable bonds is 3. The van der Waals surface area contributed by atoms with E-state index in [-0.39, 0.29) is 17.1 Å². The first kappa shape index (κ1) is 14.9. The van der Waals surface area contributed by atoms with Crippen LogP contribution in [-0.4, -0.2) is 18.1 Å². The molecule has 104 valence electrons. The van der Waals surface area contributed by atoms with Gasteiger partial charge in [0.05, 0.1) is 5.56 Å². The van der Waals surface area contributed by atoms with Crippen molar-refractivity contribution in [1.29, 1.82) is 0 Å². The number of nitrogens with one attached hydrogen (secondary N) is 2. The van der Waals surface area contributed by atoms with Crippen LogP contribution in [0.25, 0.3) is 0 Å². The van der Waals surface area contributed by atoms with Gasteiger partial charge in [-0.1, -0.05) is 0 Å². The predicted molar refractivity (Wildman–Crippen MR) is 64.5 cm³/mol. The van der Waals surface area contributed by atoms with Crippen molar-refractivity contribution >= 4 is 11.6 Å². The van der Waals surface area contributed by atoms with E-state index < -0.39 is 17.6 Å². The minimum Gasteiger partial charge on any atom is -0.510 e. The molecule has 0 radical (unpaired) electrons. The van der Waals surface area contributed by atoms with Crippen molar-refractivity contribution in [3.8, 4) is 0 Å². The third kappa shape index (κ3) is 3.90. The highest BCUT2D eigenvalue weighted by molar-refractivity contribution is 6.03. The summed E-state index contributed by atoms with van der Waals surface area (Å²) in [6, 6.07) is 4.01. The molecule has 1 amide bonds. The Morgan fingerprint density at radius 2 is 1.74 bits per heavy atom. The average Bonchev–Trinajstić information content (AvgIpc) is 2.28. The van der Waals surface area contributed by atoms with Crippen LogP contribution in [0.2, 0.25) is 0 Å². The lowest BCUT2D eigenvalue weighted by molar-refractivity contribution is -0.137. The Morgan fingerprint density at radius 3 is 2.11 bits per heavy atom. The van der Waals surface area contributed by atoms with Crippen LogP contribution in [0.5, 0.6) is 0 Å². The Morgan fingerprint density at radius 1 is 1.21 bits per heavy atom. The third-order valence-corrected chi connectivity index (χ3v) is 2.31. The molecule has 0 saturated carbocycles. The van der Waals surface area contributed by atoms with Crippen LogP contribution in [0.4, 0.5) is 18.9 Å². The molecule has 0 aliphatic heterocycles. The Kier molecular flexibility index (Phi) is 4.42. The minimum absolute atomic E-state index is 0.0557. The zero-order valence-electron chi connectivity index (χ0n) is 10.3. The highest BCUT2D eigenvalue weighted by Crippen LogP contribution is 2.29. The van der Waals surface area contributed by atoms with Crippen molar-refractivity contribution < 1.29 is 23.1 Å². The zero-order chi connectivity index (χ0) is 14.6. The second-order valence-corrected chi connectivity index (χ2v) is 3.74. The molecule has 0 unspecified atom stereocenters. The number of hydrogen-bond acceptors (Lipinski definition) is 3. The maximum Gasteiger partial charge on any atom is 0.416 e. The molecule has 0 atom stereocenters. The summed E-state index contributed by atoms with van der Waals surface area (Å²) < 4.78 is 37.0. The fourth-order valence-electron chi connectivity index (χ4n) is 1.39. The van der Waals surface area contributed by atoms with Gasteiger partial charge >= 0.3 is 6.18 Å². The number of likely N-dealkylation sites (N-methyl/N-ethyl adjacent to an activating group) is 1. The molecular weight excluding hydrogens is 261 g/mol. The van der Waals surface area contributed by atoms with Gasteiger partial charge in [-0.05, 0) is 31.2 Å². The number of alkyl halides is 3. The molecule has 1 aromatic rings. The van der Waals surface area contributed by atoms with Crippen LogP contribution in [0.3, 0.4) is 0 Å². The maximum absolute atomic E-state index is 12.3. The summed E-state index contributed by atoms with van der Waals surface area (Å²) in [6.07, 6.45) is -4.42. The first-order valence-electron chi connectivity index (χ1n) is 5.32. The maximum atomic E-state index is 12.3. The van der Waals surface area contributed by atoms with E-state index >= 15 is 0 Å². The summed E-state index contributed by atoms with van der Waals surface area (Å²) in [5.41, 5.74) is -0.653. The van der Waals surface area contributed by atoms with Gasteiger partial charge in [-0.2, -0.15) is 13.2 Å². The number of aliphatic hydroxyl groups excluding tert-OH is 1. The van der Waals surface area contributed by atoms with E-state index in [9.17, 15) is 23.1 Å². The molecule has 0 aliphatic carbocycles. The van der Waals surface area contributed by atoms with Crippen molar-refractivity contribution in [2.24, 2.45) is 0 Å². The molecule has 7 heteroatoms. The Hall–Kier alpha value is -2.18. The minimum atomic E-state index is -4.42. The summed E-state index contributed by atoms with van der Waals surface area (Å²) in [6.45, 7) is 1.32. The van der Waals surface area contributed by atoms with Crippen LogP contribution in [-0.2, 0) is 11.0 Å². The van der Waals surface area contributed by atoms with Gasteiger partial charge in [0, 0.05) is 12.7 Å². The number of hydrogen-bond donors (Lipinski definition) is 3. The summed E-state index contributed by atoms with van der Waals surface area (Å²) in [5, 5.41) is 14.1. The van der Waals surface area contributed by atoms with E-state index in [0.717, 1.165) is 24.3 Å². The van der Waals surface area contributed by atoms with Crippen molar-refractivity contribution in [3.63, 3.8) is 0 Å². The number of benzene rings is 1. The fraction of sp³-hybridized carbons (Fsp3) is 0.250. The SMILES string of the molecule is CN/C(C(=O)Nc1ccc(C(F)(F)F)cc1)=C(\C)O. The Bertz CT molecular complexity index is 489. The quantitative estimate of drug-likeness (QED) is 0.586. The molecule has 0 heterocycles. The van der Waals surface area contributed by atoms with E-state index in [1.807, 2.05) is 0 Å². The summed E-state index contributed by atoms with van der Waals surface area (Å²) in [7, 11) is 1.45. The Balaban J connectivity index is 2.85. The van der Waals surface area contributed by atoms with E-state index in [1.54, 1.807) is 0 Å². The van der Waals surface area contributed by atoms with E-state index in [0.29, 0.717) is 0 Å². The smallest absolute Gasteiger partial charge is 0.416 e. The standard InChI is InChI=1S/C12H13F3N2O2/c1-7(18)10(16-2)11(19)17-9-5-3-8(4-6-9)12(13,14)15/h3-6,16,18H,1-2H3,(H,17,19)/b10-7+. The molecule has 0 aliphatic rings. The number of anilines is 1. The lowest BCUT2D eigenvalue weighted by atomic mass is 10.2. The van der Waals surface area contributed by atoms with Crippen molar-refractivity contribution in [1.82, 2.24) is 5.32 Å². The zero-order valence-corrected chi connectivity index (χ0v) is 10.3. The highest BCUT2D eigenvalue weighted by Gasteiger charge is 2.30. The van der Waals surface area contributed by atoms with Crippen LogP contribution in [0, 0.1) is 0 Å². The lowest BCUT2D eigenvalue weighted by Gasteiger charge is -2.10. The number of amides is 1. The monoisotopic (exact) mass is 274 g/mol. The van der Waals surface area contributed by atoms with Gasteiger partial charge in [0.1, 0.15) is 11.5 Å². The normalized spacial score (nSPS) is 12.7.